The van der Waals surface area contributed by atoms with E-state index in [0.717, 1.165) is 30.2 Å². The third-order valence-electron chi connectivity index (χ3n) is 3.09. The predicted octanol–water partition coefficient (Wildman–Crippen LogP) is 3.01. The van der Waals surface area contributed by atoms with Crippen molar-refractivity contribution in [2.45, 2.75) is 13.3 Å². The van der Waals surface area contributed by atoms with Crippen molar-refractivity contribution < 1.29 is 9.47 Å². The summed E-state index contributed by atoms with van der Waals surface area (Å²) in [5.41, 5.74) is 1.08. The minimum atomic E-state index is 0. The molecule has 0 fully saturated rings. The van der Waals surface area contributed by atoms with Crippen molar-refractivity contribution in [3.8, 4) is 11.5 Å². The van der Waals surface area contributed by atoms with E-state index in [-0.39, 0.29) is 24.0 Å². The van der Waals surface area contributed by atoms with E-state index in [1.165, 1.54) is 0 Å². The Hall–Kier alpha value is -1.15. The van der Waals surface area contributed by atoms with Gasteiger partial charge in [0, 0.05) is 19.6 Å². The smallest absolute Gasteiger partial charge is 0.191 e. The molecule has 128 valence electrons. The van der Waals surface area contributed by atoms with E-state index in [2.05, 4.69) is 22.2 Å². The number of nitrogens with zero attached hydrogens (tertiary/aromatic N) is 1. The maximum atomic E-state index is 6.23. The third-order valence-corrected chi connectivity index (χ3v) is 3.37. The van der Waals surface area contributed by atoms with Crippen LogP contribution in [0.2, 0.25) is 5.02 Å². The summed E-state index contributed by atoms with van der Waals surface area (Å²) in [4.78, 5) is 4.52. The van der Waals surface area contributed by atoms with E-state index in [4.69, 9.17) is 21.1 Å². The third kappa shape index (κ3) is 6.10. The van der Waals surface area contributed by atoms with Gasteiger partial charge in [0.25, 0.3) is 0 Å². The molecule has 0 saturated carbocycles. The van der Waals surface area contributed by atoms with Gasteiger partial charge < -0.3 is 20.1 Å². The molecule has 1 aliphatic rings. The number of ether oxygens (including phenoxy) is 2. The Morgan fingerprint density at radius 3 is 2.87 bits per heavy atom. The van der Waals surface area contributed by atoms with Crippen LogP contribution >= 0.6 is 35.6 Å². The van der Waals surface area contributed by atoms with E-state index in [0.29, 0.717) is 37.1 Å². The van der Waals surface area contributed by atoms with Crippen LogP contribution in [0.4, 0.5) is 0 Å². The van der Waals surface area contributed by atoms with E-state index in [1.54, 1.807) is 6.08 Å². The first kappa shape index (κ1) is 19.9. The summed E-state index contributed by atoms with van der Waals surface area (Å²) in [6.45, 7) is 8.97. The molecule has 1 heterocycles. The van der Waals surface area contributed by atoms with Crippen LogP contribution in [0.3, 0.4) is 0 Å². The van der Waals surface area contributed by atoms with Gasteiger partial charge in [0.1, 0.15) is 13.2 Å². The van der Waals surface area contributed by atoms with Gasteiger partial charge in [-0.2, -0.15) is 0 Å². The molecule has 0 amide bonds. The lowest BCUT2D eigenvalue weighted by atomic mass is 10.1. The Morgan fingerprint density at radius 2 is 2.13 bits per heavy atom. The van der Waals surface area contributed by atoms with Gasteiger partial charge in [-0.3, -0.25) is 4.99 Å². The number of benzene rings is 1. The lowest BCUT2D eigenvalue weighted by molar-refractivity contribution is 0.171. The molecule has 0 aromatic heterocycles. The zero-order valence-corrected chi connectivity index (χ0v) is 16.3. The first-order chi connectivity index (χ1) is 10.7. The van der Waals surface area contributed by atoms with Crippen molar-refractivity contribution in [3.05, 3.63) is 35.4 Å². The van der Waals surface area contributed by atoms with E-state index < -0.39 is 0 Å². The summed E-state index contributed by atoms with van der Waals surface area (Å²) in [6.07, 6.45) is 2.58. The highest BCUT2D eigenvalue weighted by Crippen LogP contribution is 2.38. The fourth-order valence-corrected chi connectivity index (χ4v) is 2.40. The quantitative estimate of drug-likeness (QED) is 0.302. The largest absolute Gasteiger partial charge is 0.486 e. The van der Waals surface area contributed by atoms with Crippen LogP contribution in [0.1, 0.15) is 12.5 Å². The molecule has 0 saturated heterocycles. The van der Waals surface area contributed by atoms with Gasteiger partial charge in [0.15, 0.2) is 17.5 Å². The van der Waals surface area contributed by atoms with Crippen LogP contribution in [-0.2, 0) is 6.42 Å². The molecule has 2 rings (SSSR count). The van der Waals surface area contributed by atoms with Crippen molar-refractivity contribution in [3.63, 3.8) is 0 Å². The Labute approximate surface area is 159 Å². The van der Waals surface area contributed by atoms with E-state index >= 15 is 0 Å². The van der Waals surface area contributed by atoms with E-state index in [9.17, 15) is 0 Å². The van der Waals surface area contributed by atoms with Crippen LogP contribution in [0, 0.1) is 0 Å². The van der Waals surface area contributed by atoms with Gasteiger partial charge in [0.2, 0.25) is 0 Å². The van der Waals surface area contributed by atoms with Crippen molar-refractivity contribution >= 4 is 41.5 Å². The molecular formula is C16H23ClIN3O2. The maximum absolute atomic E-state index is 6.23. The van der Waals surface area contributed by atoms with Gasteiger partial charge in [-0.15, -0.1) is 30.6 Å². The van der Waals surface area contributed by atoms with Crippen molar-refractivity contribution in [1.29, 1.82) is 0 Å². The molecule has 1 aromatic rings. The van der Waals surface area contributed by atoms with Gasteiger partial charge in [-0.05, 0) is 31.0 Å². The average Bonchev–Trinajstić information content (AvgIpc) is 2.52. The summed E-state index contributed by atoms with van der Waals surface area (Å²) in [6, 6.07) is 3.88. The fourth-order valence-electron chi connectivity index (χ4n) is 2.12. The average molecular weight is 452 g/mol. The zero-order valence-electron chi connectivity index (χ0n) is 13.2. The van der Waals surface area contributed by atoms with Crippen molar-refractivity contribution in [2.24, 2.45) is 4.99 Å². The first-order valence-electron chi connectivity index (χ1n) is 7.45. The predicted molar refractivity (Wildman–Crippen MR) is 106 cm³/mol. The van der Waals surface area contributed by atoms with Gasteiger partial charge >= 0.3 is 0 Å². The molecule has 0 bridgehead atoms. The molecule has 1 aromatic carbocycles. The number of hydrogen-bond donors (Lipinski definition) is 2. The minimum Gasteiger partial charge on any atom is -0.486 e. The van der Waals surface area contributed by atoms with Crippen LogP contribution in [0.5, 0.6) is 11.5 Å². The highest BCUT2D eigenvalue weighted by molar-refractivity contribution is 14.0. The summed E-state index contributed by atoms with van der Waals surface area (Å²) in [5, 5.41) is 6.94. The van der Waals surface area contributed by atoms with E-state index in [1.807, 2.05) is 19.1 Å². The lowest BCUT2D eigenvalue weighted by Gasteiger charge is -2.20. The second kappa shape index (κ2) is 10.6. The van der Waals surface area contributed by atoms with Crippen LogP contribution in [0.15, 0.2) is 29.8 Å². The Kier molecular flexibility index (Phi) is 9.16. The monoisotopic (exact) mass is 451 g/mol. The van der Waals surface area contributed by atoms with Crippen LogP contribution in [-0.4, -0.2) is 38.8 Å². The molecule has 7 heteroatoms. The molecule has 0 atom stereocenters. The van der Waals surface area contributed by atoms with Gasteiger partial charge in [-0.25, -0.2) is 0 Å². The lowest BCUT2D eigenvalue weighted by Crippen LogP contribution is -2.37. The molecule has 0 unspecified atom stereocenters. The SMILES string of the molecule is C=CCNC(=NCCc1cc(Cl)c2c(c1)OCCO2)NCC.I. The zero-order chi connectivity index (χ0) is 15.8. The summed E-state index contributed by atoms with van der Waals surface area (Å²) >= 11 is 6.23. The van der Waals surface area contributed by atoms with Crippen molar-refractivity contribution in [1.82, 2.24) is 10.6 Å². The number of hydrogen-bond acceptors (Lipinski definition) is 3. The molecule has 0 radical (unpaired) electrons. The molecular weight excluding hydrogens is 429 g/mol. The minimum absolute atomic E-state index is 0. The second-order valence-corrected chi connectivity index (χ2v) is 5.19. The molecule has 1 aliphatic heterocycles. The first-order valence-corrected chi connectivity index (χ1v) is 7.83. The van der Waals surface area contributed by atoms with Crippen LogP contribution < -0.4 is 20.1 Å². The normalized spacial score (nSPS) is 13.0. The molecule has 0 aliphatic carbocycles. The molecule has 23 heavy (non-hydrogen) atoms. The molecule has 5 nitrogen and oxygen atoms in total. The standard InChI is InChI=1S/C16H22ClN3O2.HI/c1-3-6-19-16(18-4-2)20-7-5-12-10-13(17)15-14(11-12)21-8-9-22-15;/h3,10-11H,1,4-9H2,2H3,(H2,18,19,20);1H. The summed E-state index contributed by atoms with van der Waals surface area (Å²) in [5.74, 6) is 2.14. The number of nitrogens with one attached hydrogen (secondary N) is 2. The maximum Gasteiger partial charge on any atom is 0.191 e. The van der Waals surface area contributed by atoms with Crippen molar-refractivity contribution in [2.75, 3.05) is 32.8 Å². The Balaban J connectivity index is 0.00000264. The van der Waals surface area contributed by atoms with Gasteiger partial charge in [-0.1, -0.05) is 17.7 Å². The Morgan fingerprint density at radius 1 is 1.35 bits per heavy atom. The number of rotatable bonds is 6. The topological polar surface area (TPSA) is 54.9 Å². The second-order valence-electron chi connectivity index (χ2n) is 4.78. The highest BCUT2D eigenvalue weighted by Gasteiger charge is 2.16. The summed E-state index contributed by atoms with van der Waals surface area (Å²) in [7, 11) is 0. The van der Waals surface area contributed by atoms with Crippen LogP contribution in [0.25, 0.3) is 0 Å². The van der Waals surface area contributed by atoms with Gasteiger partial charge in [0.05, 0.1) is 5.02 Å². The number of halogens is 2. The summed E-state index contributed by atoms with van der Waals surface area (Å²) < 4.78 is 11.1. The molecule has 0 spiro atoms. The fraction of sp³-hybridized carbons (Fsp3) is 0.438. The number of fused-ring (bicyclic) bond motifs is 1. The molecule has 2 N–H and O–H groups in total. The number of aliphatic imine (C=N–C) groups is 1. The highest BCUT2D eigenvalue weighted by atomic mass is 127. The number of guanidine groups is 1. The Bertz CT molecular complexity index is 552.